The van der Waals surface area contributed by atoms with E-state index in [-0.39, 0.29) is 22.2 Å². The number of carboxylic acid groups (broad SMARTS) is 1. The highest BCUT2D eigenvalue weighted by atomic mass is 35.5. The molecule has 0 aliphatic carbocycles. The highest BCUT2D eigenvalue weighted by Gasteiger charge is 2.12. The van der Waals surface area contributed by atoms with Crippen LogP contribution in [0, 0.1) is 0 Å². The number of hydrogen-bond donors (Lipinski definition) is 2. The molecule has 98 valence electrons. The molecule has 0 atom stereocenters. The Hall–Kier alpha value is -2.34. The number of aryl methyl sites for hydroxylation is 1. The fourth-order valence-electron chi connectivity index (χ4n) is 1.50. The molecule has 2 rings (SSSR count). The Morgan fingerprint density at radius 1 is 1.37 bits per heavy atom. The van der Waals surface area contributed by atoms with Gasteiger partial charge in [0.25, 0.3) is 5.91 Å². The molecule has 1 heterocycles. The summed E-state index contributed by atoms with van der Waals surface area (Å²) in [4.78, 5) is 22.6. The molecule has 6 nitrogen and oxygen atoms in total. The average molecular weight is 280 g/mol. The number of carbonyl (C=O) groups is 2. The first-order chi connectivity index (χ1) is 8.97. The first-order valence-electron chi connectivity index (χ1n) is 5.31. The fraction of sp³-hybridized carbons (Fsp3) is 0.0833. The lowest BCUT2D eigenvalue weighted by molar-refractivity contribution is 0.0697. The lowest BCUT2D eigenvalue weighted by Crippen LogP contribution is -2.13. The predicted molar refractivity (Wildman–Crippen MR) is 69.6 cm³/mol. The maximum absolute atomic E-state index is 11.8. The Balaban J connectivity index is 2.18. The second-order valence-corrected chi connectivity index (χ2v) is 4.24. The lowest BCUT2D eigenvalue weighted by Gasteiger charge is -2.05. The van der Waals surface area contributed by atoms with Gasteiger partial charge in [-0.3, -0.25) is 9.48 Å². The maximum atomic E-state index is 11.8. The van der Waals surface area contributed by atoms with Crippen molar-refractivity contribution in [2.45, 2.75) is 0 Å². The highest BCUT2D eigenvalue weighted by Crippen LogP contribution is 2.21. The van der Waals surface area contributed by atoms with E-state index in [0.29, 0.717) is 5.69 Å². The Morgan fingerprint density at radius 3 is 2.63 bits per heavy atom. The Morgan fingerprint density at radius 2 is 2.11 bits per heavy atom. The molecule has 0 aliphatic rings. The van der Waals surface area contributed by atoms with E-state index in [9.17, 15) is 9.59 Å². The van der Waals surface area contributed by atoms with Gasteiger partial charge in [-0.1, -0.05) is 11.6 Å². The van der Waals surface area contributed by atoms with E-state index in [2.05, 4.69) is 10.4 Å². The van der Waals surface area contributed by atoms with Gasteiger partial charge in [0.1, 0.15) is 0 Å². The highest BCUT2D eigenvalue weighted by molar-refractivity contribution is 6.33. The number of amides is 1. The zero-order valence-electron chi connectivity index (χ0n) is 9.92. The molecule has 0 saturated carbocycles. The molecule has 0 bridgehead atoms. The van der Waals surface area contributed by atoms with Crippen LogP contribution in [0.3, 0.4) is 0 Å². The summed E-state index contributed by atoms with van der Waals surface area (Å²) < 4.78 is 1.51. The van der Waals surface area contributed by atoms with E-state index in [1.165, 1.54) is 22.9 Å². The first-order valence-corrected chi connectivity index (χ1v) is 5.69. The van der Waals surface area contributed by atoms with Crippen LogP contribution in [0.2, 0.25) is 5.02 Å². The molecule has 19 heavy (non-hydrogen) atoms. The molecule has 1 aromatic carbocycles. The Bertz CT molecular complexity index is 651. The van der Waals surface area contributed by atoms with Crippen LogP contribution < -0.4 is 5.32 Å². The molecule has 0 radical (unpaired) electrons. The van der Waals surface area contributed by atoms with E-state index in [0.717, 1.165) is 0 Å². The summed E-state index contributed by atoms with van der Waals surface area (Å²) in [6.07, 6.45) is 1.65. The van der Waals surface area contributed by atoms with E-state index in [1.54, 1.807) is 19.3 Å². The third-order valence-corrected chi connectivity index (χ3v) is 2.72. The van der Waals surface area contributed by atoms with Crippen molar-refractivity contribution < 1.29 is 14.7 Å². The van der Waals surface area contributed by atoms with Crippen molar-refractivity contribution in [3.8, 4) is 0 Å². The summed E-state index contributed by atoms with van der Waals surface area (Å²) in [6, 6.07) is 5.75. The van der Waals surface area contributed by atoms with Gasteiger partial charge in [0.15, 0.2) is 5.69 Å². The fourth-order valence-corrected chi connectivity index (χ4v) is 1.76. The summed E-state index contributed by atoms with van der Waals surface area (Å²) in [5.41, 5.74) is 0.657. The van der Waals surface area contributed by atoms with Gasteiger partial charge in [0, 0.05) is 18.9 Å². The number of aromatic nitrogens is 2. The van der Waals surface area contributed by atoms with Gasteiger partial charge < -0.3 is 10.4 Å². The SMILES string of the molecule is Cn1ccc(C(=O)Nc2ccc(C(=O)O)c(Cl)c2)n1. The van der Waals surface area contributed by atoms with Crippen molar-refractivity contribution in [2.24, 2.45) is 7.05 Å². The molecule has 1 amide bonds. The van der Waals surface area contributed by atoms with E-state index in [1.807, 2.05) is 0 Å². The van der Waals surface area contributed by atoms with Crippen LogP contribution in [0.15, 0.2) is 30.5 Å². The third kappa shape index (κ3) is 2.92. The smallest absolute Gasteiger partial charge is 0.337 e. The number of nitrogens with zero attached hydrogens (tertiary/aromatic N) is 2. The maximum Gasteiger partial charge on any atom is 0.337 e. The van der Waals surface area contributed by atoms with Crippen LogP contribution >= 0.6 is 11.6 Å². The van der Waals surface area contributed by atoms with Crippen LogP contribution in [-0.2, 0) is 7.05 Å². The first kappa shape index (κ1) is 13.1. The molecular formula is C12H10ClN3O3. The van der Waals surface area contributed by atoms with Crippen LogP contribution in [-0.4, -0.2) is 26.8 Å². The van der Waals surface area contributed by atoms with E-state index >= 15 is 0 Å². The molecule has 2 N–H and O–H groups in total. The standard InChI is InChI=1S/C12H10ClN3O3/c1-16-5-4-10(15-16)11(17)14-7-2-3-8(12(18)19)9(13)6-7/h2-6H,1H3,(H,14,17)(H,18,19). The molecule has 1 aromatic heterocycles. The number of benzene rings is 1. The monoisotopic (exact) mass is 279 g/mol. The van der Waals surface area contributed by atoms with Crippen molar-refractivity contribution in [1.82, 2.24) is 9.78 Å². The molecular weight excluding hydrogens is 270 g/mol. The zero-order chi connectivity index (χ0) is 14.0. The van der Waals surface area contributed by atoms with Gasteiger partial charge >= 0.3 is 5.97 Å². The number of hydrogen-bond acceptors (Lipinski definition) is 3. The Labute approximate surface area is 113 Å². The summed E-state index contributed by atoms with van der Waals surface area (Å²) in [5, 5.41) is 15.4. The molecule has 0 aliphatic heterocycles. The van der Waals surface area contributed by atoms with Crippen LogP contribution in [0.5, 0.6) is 0 Å². The second kappa shape index (κ2) is 5.11. The summed E-state index contributed by atoms with van der Waals surface area (Å²) >= 11 is 5.81. The van der Waals surface area contributed by atoms with Crippen LogP contribution in [0.1, 0.15) is 20.8 Å². The molecule has 0 saturated heterocycles. The number of aromatic carboxylic acids is 1. The minimum absolute atomic E-state index is 0.0162. The van der Waals surface area contributed by atoms with Crippen molar-refractivity contribution in [3.05, 3.63) is 46.7 Å². The van der Waals surface area contributed by atoms with E-state index in [4.69, 9.17) is 16.7 Å². The van der Waals surface area contributed by atoms with Gasteiger partial charge in [-0.05, 0) is 24.3 Å². The van der Waals surface area contributed by atoms with Gasteiger partial charge in [-0.2, -0.15) is 5.10 Å². The molecule has 0 unspecified atom stereocenters. The topological polar surface area (TPSA) is 84.2 Å². The minimum atomic E-state index is -1.12. The van der Waals surface area contributed by atoms with Gasteiger partial charge in [0.2, 0.25) is 0 Å². The predicted octanol–water partition coefficient (Wildman–Crippen LogP) is 2.02. The van der Waals surface area contributed by atoms with Gasteiger partial charge in [-0.25, -0.2) is 4.79 Å². The molecule has 2 aromatic rings. The number of carbonyl (C=O) groups excluding carboxylic acids is 1. The summed E-state index contributed by atoms with van der Waals surface area (Å²) in [7, 11) is 1.70. The second-order valence-electron chi connectivity index (χ2n) is 3.83. The van der Waals surface area contributed by atoms with Crippen molar-refractivity contribution >= 4 is 29.2 Å². The number of nitrogens with one attached hydrogen (secondary N) is 1. The number of rotatable bonds is 3. The molecule has 0 spiro atoms. The quantitative estimate of drug-likeness (QED) is 0.900. The average Bonchev–Trinajstić information content (AvgIpc) is 2.75. The third-order valence-electron chi connectivity index (χ3n) is 2.40. The van der Waals surface area contributed by atoms with Crippen LogP contribution in [0.25, 0.3) is 0 Å². The minimum Gasteiger partial charge on any atom is -0.478 e. The number of halogens is 1. The molecule has 7 heteroatoms. The number of anilines is 1. The summed E-state index contributed by atoms with van der Waals surface area (Å²) in [6.45, 7) is 0. The zero-order valence-corrected chi connectivity index (χ0v) is 10.7. The van der Waals surface area contributed by atoms with Gasteiger partial charge in [-0.15, -0.1) is 0 Å². The largest absolute Gasteiger partial charge is 0.478 e. The van der Waals surface area contributed by atoms with Crippen molar-refractivity contribution in [3.63, 3.8) is 0 Å². The molecule has 0 fully saturated rings. The van der Waals surface area contributed by atoms with Crippen LogP contribution in [0.4, 0.5) is 5.69 Å². The van der Waals surface area contributed by atoms with Crippen molar-refractivity contribution in [2.75, 3.05) is 5.32 Å². The van der Waals surface area contributed by atoms with Gasteiger partial charge in [0.05, 0.1) is 10.6 Å². The number of carboxylic acids is 1. The van der Waals surface area contributed by atoms with Crippen molar-refractivity contribution in [1.29, 1.82) is 0 Å². The summed E-state index contributed by atoms with van der Waals surface area (Å²) in [5.74, 6) is -1.51. The lowest BCUT2D eigenvalue weighted by atomic mass is 10.2. The normalized spacial score (nSPS) is 10.2. The Kier molecular flexibility index (Phi) is 3.52. The van der Waals surface area contributed by atoms with E-state index < -0.39 is 5.97 Å².